The average molecular weight is 487 g/mol. The molecular weight excluding hydrogens is 455 g/mol. The molecule has 0 saturated heterocycles. The molecule has 3 rings (SSSR count). The zero-order chi connectivity index (χ0) is 25.7. The van der Waals surface area contributed by atoms with E-state index in [2.05, 4.69) is 10.3 Å². The van der Waals surface area contributed by atoms with Gasteiger partial charge in [0, 0.05) is 18.2 Å². The van der Waals surface area contributed by atoms with Crippen molar-refractivity contribution in [3.8, 4) is 11.5 Å². The van der Waals surface area contributed by atoms with Crippen molar-refractivity contribution >= 4 is 17.8 Å². The van der Waals surface area contributed by atoms with Gasteiger partial charge in [0.05, 0.1) is 13.0 Å². The molecule has 0 spiro atoms. The molecule has 1 heterocycles. The summed E-state index contributed by atoms with van der Waals surface area (Å²) in [4.78, 5) is 42.0. The minimum absolute atomic E-state index is 0.118. The summed E-state index contributed by atoms with van der Waals surface area (Å²) in [6, 6.07) is 5.15. The average Bonchev–Trinajstić information content (AvgIpc) is 2.97. The molecule has 188 valence electrons. The normalized spacial score (nSPS) is 18.1. The van der Waals surface area contributed by atoms with Crippen LogP contribution in [0.5, 0.6) is 11.5 Å². The van der Waals surface area contributed by atoms with E-state index in [9.17, 15) is 18.8 Å². The number of halogens is 1. The van der Waals surface area contributed by atoms with Gasteiger partial charge in [-0.15, -0.1) is 0 Å². The number of rotatable bonds is 7. The Balaban J connectivity index is 1.71. The number of aromatic nitrogens is 1. The lowest BCUT2D eigenvalue weighted by Gasteiger charge is -2.25. The van der Waals surface area contributed by atoms with Crippen LogP contribution in [0.4, 0.5) is 4.39 Å². The lowest BCUT2D eigenvalue weighted by Crippen LogP contribution is -2.42. The van der Waals surface area contributed by atoms with Crippen molar-refractivity contribution in [3.63, 3.8) is 0 Å². The highest BCUT2D eigenvalue weighted by atomic mass is 19.1. The molecule has 0 bridgehead atoms. The van der Waals surface area contributed by atoms with Crippen LogP contribution in [0.15, 0.2) is 30.5 Å². The molecule has 8 nitrogen and oxygen atoms in total. The molecule has 1 aliphatic rings. The minimum Gasteiger partial charge on any atom is -0.493 e. The van der Waals surface area contributed by atoms with Crippen LogP contribution in [0.3, 0.4) is 0 Å². The van der Waals surface area contributed by atoms with Gasteiger partial charge in [-0.05, 0) is 49.4 Å². The van der Waals surface area contributed by atoms with Crippen molar-refractivity contribution in [1.82, 2.24) is 10.3 Å². The summed E-state index contributed by atoms with van der Waals surface area (Å²) >= 11 is 0. The Morgan fingerprint density at radius 3 is 2.57 bits per heavy atom. The van der Waals surface area contributed by atoms with E-state index in [4.69, 9.17) is 14.2 Å². The van der Waals surface area contributed by atoms with Gasteiger partial charge in [-0.3, -0.25) is 9.59 Å². The molecular formula is C26H31FN2O6. The van der Waals surface area contributed by atoms with E-state index >= 15 is 0 Å². The monoisotopic (exact) mass is 486 g/mol. The highest BCUT2D eigenvalue weighted by molar-refractivity contribution is 5.98. The van der Waals surface area contributed by atoms with Crippen LogP contribution in [0, 0.1) is 11.7 Å². The largest absolute Gasteiger partial charge is 0.493 e. The lowest BCUT2D eigenvalue weighted by molar-refractivity contribution is -0.152. The minimum atomic E-state index is -0.993. The van der Waals surface area contributed by atoms with Gasteiger partial charge >= 0.3 is 11.9 Å². The molecule has 2 aromatic rings. The molecule has 2 unspecified atom stereocenters. The maximum atomic E-state index is 13.6. The Hall–Kier alpha value is -3.49. The number of ether oxygens (including phenoxy) is 3. The van der Waals surface area contributed by atoms with Crippen LogP contribution in [0.25, 0.3) is 0 Å². The van der Waals surface area contributed by atoms with Crippen LogP contribution in [0.1, 0.15) is 68.1 Å². The summed E-state index contributed by atoms with van der Waals surface area (Å²) < 4.78 is 30.0. The van der Waals surface area contributed by atoms with Gasteiger partial charge in [0.2, 0.25) is 5.75 Å². The molecule has 1 amide bonds. The summed E-state index contributed by atoms with van der Waals surface area (Å²) in [5.41, 5.74) is 1.69. The van der Waals surface area contributed by atoms with Gasteiger partial charge in [0.25, 0.3) is 5.91 Å². The van der Waals surface area contributed by atoms with E-state index in [1.54, 1.807) is 19.9 Å². The molecule has 1 aliphatic carbocycles. The van der Waals surface area contributed by atoms with E-state index in [0.29, 0.717) is 12.8 Å². The maximum absolute atomic E-state index is 13.6. The van der Waals surface area contributed by atoms with Crippen molar-refractivity contribution in [2.75, 3.05) is 7.11 Å². The van der Waals surface area contributed by atoms with Crippen molar-refractivity contribution < 1.29 is 33.0 Å². The number of esters is 2. The molecule has 0 aliphatic heterocycles. The standard InChI is InChI=1S/C26H31FN2O6/c1-14(2)25(31)35-23-21(33-5)11-12-28-22(23)24(30)29-16(4)26(32)34-20-8-6-7-17-13-18(27)9-10-19(17)15(20)3/h9-16,20H,6-8H2,1-5H3,(H,29,30)/t15?,16-,20?/m0/s1. The number of amides is 1. The summed E-state index contributed by atoms with van der Waals surface area (Å²) in [6.07, 6.45) is 3.01. The van der Waals surface area contributed by atoms with Crippen molar-refractivity contribution in [3.05, 3.63) is 53.1 Å². The van der Waals surface area contributed by atoms with E-state index in [1.807, 2.05) is 6.92 Å². The Kier molecular flexibility index (Phi) is 8.43. The second-order valence-corrected chi connectivity index (χ2v) is 8.96. The number of nitrogens with one attached hydrogen (secondary N) is 1. The fraction of sp³-hybridized carbons (Fsp3) is 0.462. The number of nitrogens with zero attached hydrogens (tertiary/aromatic N) is 1. The summed E-state index contributed by atoms with van der Waals surface area (Å²) in [5.74, 6) is -2.67. The van der Waals surface area contributed by atoms with Crippen LogP contribution in [0.2, 0.25) is 0 Å². The predicted octanol–water partition coefficient (Wildman–Crippen LogP) is 3.96. The molecule has 3 atom stereocenters. The predicted molar refractivity (Wildman–Crippen MR) is 126 cm³/mol. The van der Waals surface area contributed by atoms with Crippen LogP contribution in [-0.2, 0) is 20.7 Å². The number of hydrogen-bond acceptors (Lipinski definition) is 7. The highest BCUT2D eigenvalue weighted by Crippen LogP contribution is 2.33. The first-order valence-corrected chi connectivity index (χ1v) is 11.7. The van der Waals surface area contributed by atoms with Gasteiger partial charge in [-0.2, -0.15) is 0 Å². The number of pyridine rings is 1. The first-order chi connectivity index (χ1) is 16.6. The van der Waals surface area contributed by atoms with Gasteiger partial charge in [0.1, 0.15) is 18.0 Å². The third-order valence-electron chi connectivity index (χ3n) is 6.03. The Bertz CT molecular complexity index is 1100. The van der Waals surface area contributed by atoms with E-state index in [-0.39, 0.29) is 28.9 Å². The van der Waals surface area contributed by atoms with Crippen molar-refractivity contribution in [1.29, 1.82) is 0 Å². The summed E-state index contributed by atoms with van der Waals surface area (Å²) in [7, 11) is 1.38. The smallest absolute Gasteiger partial charge is 0.328 e. The first kappa shape index (κ1) is 26.1. The zero-order valence-corrected chi connectivity index (χ0v) is 20.6. The third kappa shape index (κ3) is 6.15. The van der Waals surface area contributed by atoms with Gasteiger partial charge in [-0.25, -0.2) is 14.2 Å². The molecule has 9 heteroatoms. The lowest BCUT2D eigenvalue weighted by atomic mass is 9.92. The van der Waals surface area contributed by atoms with Gasteiger partial charge in [0.15, 0.2) is 11.4 Å². The number of fused-ring (bicyclic) bond motifs is 1. The highest BCUT2D eigenvalue weighted by Gasteiger charge is 2.31. The van der Waals surface area contributed by atoms with E-state index < -0.39 is 35.9 Å². The summed E-state index contributed by atoms with van der Waals surface area (Å²) in [6.45, 7) is 6.77. The number of aryl methyl sites for hydroxylation is 1. The second-order valence-electron chi connectivity index (χ2n) is 8.96. The van der Waals surface area contributed by atoms with Crippen molar-refractivity contribution in [2.24, 2.45) is 5.92 Å². The molecule has 1 aromatic heterocycles. The number of carbonyl (C=O) groups is 3. The quantitative estimate of drug-likeness (QED) is 0.467. The molecule has 35 heavy (non-hydrogen) atoms. The van der Waals surface area contributed by atoms with E-state index in [0.717, 1.165) is 17.5 Å². The van der Waals surface area contributed by atoms with Crippen LogP contribution in [-0.4, -0.2) is 42.1 Å². The zero-order valence-electron chi connectivity index (χ0n) is 20.6. The maximum Gasteiger partial charge on any atom is 0.328 e. The molecule has 1 N–H and O–H groups in total. The molecule has 0 fully saturated rings. The Morgan fingerprint density at radius 1 is 1.14 bits per heavy atom. The fourth-order valence-electron chi connectivity index (χ4n) is 3.99. The Morgan fingerprint density at radius 2 is 1.89 bits per heavy atom. The molecule has 0 saturated carbocycles. The van der Waals surface area contributed by atoms with Gasteiger partial charge in [-0.1, -0.05) is 26.8 Å². The Labute approximate surface area is 204 Å². The SMILES string of the molecule is COc1ccnc(C(=O)N[C@@H](C)C(=O)OC2CCCc3cc(F)ccc3C2C)c1OC(=O)C(C)C. The number of methoxy groups -OCH3 is 1. The second kappa shape index (κ2) is 11.3. The fourth-order valence-corrected chi connectivity index (χ4v) is 3.99. The number of benzene rings is 1. The first-order valence-electron chi connectivity index (χ1n) is 11.7. The number of hydrogen-bond donors (Lipinski definition) is 1. The van der Waals surface area contributed by atoms with Crippen LogP contribution < -0.4 is 14.8 Å². The third-order valence-corrected chi connectivity index (χ3v) is 6.03. The van der Waals surface area contributed by atoms with E-state index in [1.165, 1.54) is 38.4 Å². The molecule has 0 radical (unpaired) electrons. The number of carbonyl (C=O) groups excluding carboxylic acids is 3. The van der Waals surface area contributed by atoms with Crippen LogP contribution >= 0.6 is 0 Å². The summed E-state index contributed by atoms with van der Waals surface area (Å²) in [5, 5.41) is 2.56. The van der Waals surface area contributed by atoms with Crippen molar-refractivity contribution in [2.45, 2.75) is 65.0 Å². The topological polar surface area (TPSA) is 104 Å². The van der Waals surface area contributed by atoms with Gasteiger partial charge < -0.3 is 19.5 Å². The molecule has 1 aromatic carbocycles.